The Labute approximate surface area is 83.1 Å². The molecule has 3 heteroatoms. The highest BCUT2D eigenvalue weighted by molar-refractivity contribution is 6.29. The van der Waals surface area contributed by atoms with Crippen molar-refractivity contribution >= 4 is 11.6 Å². The molecule has 70 valence electrons. The number of aromatic nitrogens is 1. The van der Waals surface area contributed by atoms with Crippen molar-refractivity contribution in [3.05, 3.63) is 29.0 Å². The van der Waals surface area contributed by atoms with Gasteiger partial charge in [0.15, 0.2) is 0 Å². The maximum absolute atomic E-state index is 5.84. The topological polar surface area (TPSA) is 38.9 Å². The monoisotopic (exact) mass is 196 g/mol. The Morgan fingerprint density at radius 1 is 1.38 bits per heavy atom. The van der Waals surface area contributed by atoms with Gasteiger partial charge in [-0.2, -0.15) is 0 Å². The second-order valence-electron chi connectivity index (χ2n) is 3.66. The molecule has 1 aromatic heterocycles. The summed E-state index contributed by atoms with van der Waals surface area (Å²) in [5.41, 5.74) is 6.94. The lowest BCUT2D eigenvalue weighted by Crippen LogP contribution is -2.14. The van der Waals surface area contributed by atoms with E-state index in [9.17, 15) is 0 Å². The smallest absolute Gasteiger partial charge is 0.129 e. The summed E-state index contributed by atoms with van der Waals surface area (Å²) in [7, 11) is 0. The summed E-state index contributed by atoms with van der Waals surface area (Å²) in [6.45, 7) is 0. The molecule has 2 unspecified atom stereocenters. The van der Waals surface area contributed by atoms with Crippen LogP contribution in [-0.4, -0.2) is 11.0 Å². The molecular formula is C10H13ClN2. The van der Waals surface area contributed by atoms with Gasteiger partial charge in [-0.25, -0.2) is 4.98 Å². The highest BCUT2D eigenvalue weighted by atomic mass is 35.5. The predicted octanol–water partition coefficient (Wildman–Crippen LogP) is 2.33. The van der Waals surface area contributed by atoms with Crippen LogP contribution in [0.15, 0.2) is 18.2 Å². The van der Waals surface area contributed by atoms with Crippen LogP contribution in [-0.2, 0) is 0 Å². The maximum atomic E-state index is 5.84. The Bertz CT molecular complexity index is 301. The normalized spacial score (nSPS) is 27.8. The molecule has 2 rings (SSSR count). The summed E-state index contributed by atoms with van der Waals surface area (Å²) in [6.07, 6.45) is 3.31. The quantitative estimate of drug-likeness (QED) is 0.701. The summed E-state index contributed by atoms with van der Waals surface area (Å²) in [6, 6.07) is 6.15. The molecule has 1 heterocycles. The molecule has 1 aliphatic carbocycles. The summed E-state index contributed by atoms with van der Waals surface area (Å²) < 4.78 is 0. The van der Waals surface area contributed by atoms with Crippen LogP contribution >= 0.6 is 11.6 Å². The molecule has 13 heavy (non-hydrogen) atoms. The number of rotatable bonds is 1. The molecule has 0 aromatic carbocycles. The van der Waals surface area contributed by atoms with Gasteiger partial charge in [-0.1, -0.05) is 17.7 Å². The van der Waals surface area contributed by atoms with E-state index >= 15 is 0 Å². The molecule has 0 amide bonds. The van der Waals surface area contributed by atoms with Crippen LogP contribution in [0.5, 0.6) is 0 Å². The molecule has 2 N–H and O–H groups in total. The van der Waals surface area contributed by atoms with E-state index in [1.54, 1.807) is 6.07 Å². The van der Waals surface area contributed by atoms with E-state index in [0.29, 0.717) is 17.1 Å². The molecule has 2 nitrogen and oxygen atoms in total. The average molecular weight is 197 g/mol. The first-order valence-corrected chi connectivity index (χ1v) is 5.01. The minimum Gasteiger partial charge on any atom is -0.328 e. The van der Waals surface area contributed by atoms with E-state index in [1.165, 1.54) is 0 Å². The lowest BCUT2D eigenvalue weighted by Gasteiger charge is -2.08. The summed E-state index contributed by atoms with van der Waals surface area (Å²) in [5, 5.41) is 0.581. The molecular weight excluding hydrogens is 184 g/mol. The molecule has 0 bridgehead atoms. The second-order valence-corrected chi connectivity index (χ2v) is 4.04. The van der Waals surface area contributed by atoms with Crippen molar-refractivity contribution < 1.29 is 0 Å². The first-order chi connectivity index (χ1) is 6.25. The Kier molecular flexibility index (Phi) is 2.51. The van der Waals surface area contributed by atoms with Crippen LogP contribution in [0.25, 0.3) is 0 Å². The fourth-order valence-corrected chi connectivity index (χ4v) is 2.11. The Hall–Kier alpha value is -0.600. The molecule has 0 aliphatic heterocycles. The third-order valence-electron chi connectivity index (χ3n) is 2.63. The molecule has 0 saturated heterocycles. The van der Waals surface area contributed by atoms with Crippen molar-refractivity contribution in [1.82, 2.24) is 4.98 Å². The highest BCUT2D eigenvalue weighted by Gasteiger charge is 2.23. The van der Waals surface area contributed by atoms with E-state index in [-0.39, 0.29) is 0 Å². The fourth-order valence-electron chi connectivity index (χ4n) is 1.94. The van der Waals surface area contributed by atoms with E-state index in [2.05, 4.69) is 4.98 Å². The minimum atomic E-state index is 0.353. The van der Waals surface area contributed by atoms with Crippen molar-refractivity contribution in [3.8, 4) is 0 Å². The maximum Gasteiger partial charge on any atom is 0.129 e. The Balaban J connectivity index is 2.16. The third kappa shape index (κ3) is 2.01. The number of nitrogens with two attached hydrogens (primary N) is 1. The molecule has 1 saturated carbocycles. The third-order valence-corrected chi connectivity index (χ3v) is 2.84. The highest BCUT2D eigenvalue weighted by Crippen LogP contribution is 2.32. The number of nitrogens with zero attached hydrogens (tertiary/aromatic N) is 1. The van der Waals surface area contributed by atoms with Gasteiger partial charge in [-0.15, -0.1) is 0 Å². The standard InChI is InChI=1S/C10H13ClN2/c11-10-3-1-2-9(13-10)7-4-5-8(12)6-7/h1-3,7-8H,4-6,12H2. The molecule has 0 spiro atoms. The van der Waals surface area contributed by atoms with Gasteiger partial charge < -0.3 is 5.73 Å². The molecule has 2 atom stereocenters. The van der Waals surface area contributed by atoms with Gasteiger partial charge in [0.2, 0.25) is 0 Å². The number of halogens is 1. The van der Waals surface area contributed by atoms with Crippen LogP contribution in [0, 0.1) is 0 Å². The summed E-state index contributed by atoms with van der Waals surface area (Å²) in [4.78, 5) is 4.30. The van der Waals surface area contributed by atoms with Gasteiger partial charge in [0.25, 0.3) is 0 Å². The van der Waals surface area contributed by atoms with Gasteiger partial charge in [-0.05, 0) is 31.4 Å². The average Bonchev–Trinajstić information content (AvgIpc) is 2.52. The zero-order valence-electron chi connectivity index (χ0n) is 7.41. The van der Waals surface area contributed by atoms with Gasteiger partial charge >= 0.3 is 0 Å². The van der Waals surface area contributed by atoms with Crippen LogP contribution in [0.2, 0.25) is 5.15 Å². The predicted molar refractivity (Wildman–Crippen MR) is 53.8 cm³/mol. The zero-order valence-corrected chi connectivity index (χ0v) is 8.17. The SMILES string of the molecule is NC1CCC(c2cccc(Cl)n2)C1. The molecule has 1 aliphatic rings. The van der Waals surface area contributed by atoms with Crippen LogP contribution in [0.3, 0.4) is 0 Å². The fraction of sp³-hybridized carbons (Fsp3) is 0.500. The minimum absolute atomic E-state index is 0.353. The molecule has 1 aromatic rings. The molecule has 0 radical (unpaired) electrons. The number of hydrogen-bond acceptors (Lipinski definition) is 2. The summed E-state index contributed by atoms with van der Waals surface area (Å²) >= 11 is 5.82. The van der Waals surface area contributed by atoms with Crippen LogP contribution in [0.4, 0.5) is 0 Å². The van der Waals surface area contributed by atoms with Gasteiger partial charge in [-0.3, -0.25) is 0 Å². The number of pyridine rings is 1. The first-order valence-electron chi connectivity index (χ1n) is 4.64. The van der Waals surface area contributed by atoms with E-state index in [4.69, 9.17) is 17.3 Å². The van der Waals surface area contributed by atoms with Crippen molar-refractivity contribution in [1.29, 1.82) is 0 Å². The van der Waals surface area contributed by atoms with Crippen molar-refractivity contribution in [2.75, 3.05) is 0 Å². The van der Waals surface area contributed by atoms with E-state index in [1.807, 2.05) is 12.1 Å². The van der Waals surface area contributed by atoms with Crippen LogP contribution < -0.4 is 5.73 Å². The van der Waals surface area contributed by atoms with Crippen molar-refractivity contribution in [2.24, 2.45) is 5.73 Å². The lowest BCUT2D eigenvalue weighted by molar-refractivity contribution is 0.662. The van der Waals surface area contributed by atoms with E-state index in [0.717, 1.165) is 25.0 Å². The van der Waals surface area contributed by atoms with Crippen molar-refractivity contribution in [2.45, 2.75) is 31.2 Å². The first kappa shape index (κ1) is 8.97. The Morgan fingerprint density at radius 2 is 2.23 bits per heavy atom. The van der Waals surface area contributed by atoms with E-state index < -0.39 is 0 Å². The number of hydrogen-bond donors (Lipinski definition) is 1. The van der Waals surface area contributed by atoms with Gasteiger partial charge in [0.1, 0.15) is 5.15 Å². The molecule has 1 fully saturated rings. The second kappa shape index (κ2) is 3.64. The largest absolute Gasteiger partial charge is 0.328 e. The zero-order chi connectivity index (χ0) is 9.26. The summed E-state index contributed by atoms with van der Waals surface area (Å²) in [5.74, 6) is 0.522. The lowest BCUT2D eigenvalue weighted by atomic mass is 10.0. The van der Waals surface area contributed by atoms with Gasteiger partial charge in [0, 0.05) is 17.7 Å². The Morgan fingerprint density at radius 3 is 2.85 bits per heavy atom. The van der Waals surface area contributed by atoms with Crippen molar-refractivity contribution in [3.63, 3.8) is 0 Å². The van der Waals surface area contributed by atoms with Crippen LogP contribution in [0.1, 0.15) is 30.9 Å². The van der Waals surface area contributed by atoms with Gasteiger partial charge in [0.05, 0.1) is 0 Å².